The Kier molecular flexibility index (Phi) is 1.68. The summed E-state index contributed by atoms with van der Waals surface area (Å²) in [5.74, 6) is -2.70. The third-order valence-corrected chi connectivity index (χ3v) is 1.54. The van der Waals surface area contributed by atoms with Gasteiger partial charge in [0.2, 0.25) is 0 Å². The average Bonchev–Trinajstić information content (AvgIpc) is 1.77. The summed E-state index contributed by atoms with van der Waals surface area (Å²) < 4.78 is 24.8. The molecule has 54 valence electrons. The first-order valence-electron chi connectivity index (χ1n) is 2.97. The van der Waals surface area contributed by atoms with Crippen molar-refractivity contribution in [1.29, 1.82) is 0 Å². The Morgan fingerprint density at radius 2 is 2.22 bits per heavy atom. The highest BCUT2D eigenvalue weighted by Gasteiger charge is 2.38. The predicted octanol–water partition coefficient (Wildman–Crippen LogP) is -0.0577. The minimum Gasteiger partial charge on any atom is -0.323 e. The van der Waals surface area contributed by atoms with E-state index < -0.39 is 12.0 Å². The maximum absolute atomic E-state index is 12.4. The van der Waals surface area contributed by atoms with Gasteiger partial charge < -0.3 is 11.1 Å². The Morgan fingerprint density at radius 1 is 1.56 bits per heavy atom. The van der Waals surface area contributed by atoms with Crippen LogP contribution in [0.15, 0.2) is 0 Å². The summed E-state index contributed by atoms with van der Waals surface area (Å²) in [5.41, 5.74) is 5.12. The molecular formula is C5H10F2N2. The number of halogens is 2. The Morgan fingerprint density at radius 3 is 2.56 bits per heavy atom. The van der Waals surface area contributed by atoms with E-state index in [-0.39, 0.29) is 6.54 Å². The molecule has 1 heterocycles. The van der Waals surface area contributed by atoms with Crippen LogP contribution in [0.2, 0.25) is 0 Å². The number of rotatable bonds is 0. The van der Waals surface area contributed by atoms with E-state index in [1.54, 1.807) is 0 Å². The van der Waals surface area contributed by atoms with Gasteiger partial charge in [-0.1, -0.05) is 0 Å². The number of hydrogen-bond acceptors (Lipinski definition) is 2. The molecule has 0 aromatic heterocycles. The molecule has 0 aromatic carbocycles. The van der Waals surface area contributed by atoms with E-state index in [0.717, 1.165) is 0 Å². The van der Waals surface area contributed by atoms with Crippen LogP contribution in [0.4, 0.5) is 8.78 Å². The molecule has 1 rings (SSSR count). The van der Waals surface area contributed by atoms with Gasteiger partial charge in [0.05, 0.1) is 12.6 Å². The van der Waals surface area contributed by atoms with Gasteiger partial charge >= 0.3 is 0 Å². The minimum absolute atomic E-state index is 0.270. The van der Waals surface area contributed by atoms with E-state index in [9.17, 15) is 8.78 Å². The Bertz CT molecular complexity index is 105. The van der Waals surface area contributed by atoms with E-state index >= 15 is 0 Å². The van der Waals surface area contributed by atoms with Crippen LogP contribution in [0.1, 0.15) is 6.42 Å². The van der Waals surface area contributed by atoms with E-state index in [4.69, 9.17) is 5.73 Å². The average molecular weight is 136 g/mol. The molecule has 0 aliphatic carbocycles. The maximum atomic E-state index is 12.4. The molecule has 0 radical (unpaired) electrons. The molecule has 0 spiro atoms. The van der Waals surface area contributed by atoms with Crippen molar-refractivity contribution >= 4 is 0 Å². The fraction of sp³-hybridized carbons (Fsp3) is 1.00. The van der Waals surface area contributed by atoms with Crippen LogP contribution >= 0.6 is 0 Å². The van der Waals surface area contributed by atoms with Gasteiger partial charge in [-0.15, -0.1) is 0 Å². The highest BCUT2D eigenvalue weighted by atomic mass is 19.3. The Hall–Kier alpha value is -0.220. The van der Waals surface area contributed by atoms with Crippen molar-refractivity contribution in [2.24, 2.45) is 5.73 Å². The zero-order valence-electron chi connectivity index (χ0n) is 5.03. The molecule has 1 aliphatic rings. The van der Waals surface area contributed by atoms with Crippen molar-refractivity contribution in [3.63, 3.8) is 0 Å². The standard InChI is InChI=1S/C5H10F2N2/c6-5(7)3-9-2-1-4(5)8/h4,9H,1-3,8H2/t4-/m1/s1. The van der Waals surface area contributed by atoms with E-state index in [1.165, 1.54) is 0 Å². The molecular weight excluding hydrogens is 126 g/mol. The smallest absolute Gasteiger partial charge is 0.275 e. The monoisotopic (exact) mass is 136 g/mol. The Balaban J connectivity index is 2.49. The highest BCUT2D eigenvalue weighted by Crippen LogP contribution is 2.20. The summed E-state index contributed by atoms with van der Waals surface area (Å²) >= 11 is 0. The van der Waals surface area contributed by atoms with E-state index in [0.29, 0.717) is 13.0 Å². The summed E-state index contributed by atoms with van der Waals surface area (Å²) in [7, 11) is 0. The van der Waals surface area contributed by atoms with Gasteiger partial charge in [-0.25, -0.2) is 8.78 Å². The molecule has 1 fully saturated rings. The molecule has 0 bridgehead atoms. The van der Waals surface area contributed by atoms with Crippen LogP contribution in [0.3, 0.4) is 0 Å². The second-order valence-electron chi connectivity index (χ2n) is 2.33. The molecule has 3 N–H and O–H groups in total. The van der Waals surface area contributed by atoms with Crippen molar-refractivity contribution in [2.45, 2.75) is 18.4 Å². The van der Waals surface area contributed by atoms with Gasteiger partial charge in [0.15, 0.2) is 0 Å². The number of nitrogens with one attached hydrogen (secondary N) is 1. The van der Waals surface area contributed by atoms with Crippen molar-refractivity contribution in [3.8, 4) is 0 Å². The molecule has 0 unspecified atom stereocenters. The normalized spacial score (nSPS) is 34.3. The van der Waals surface area contributed by atoms with Crippen LogP contribution in [-0.4, -0.2) is 25.1 Å². The summed E-state index contributed by atoms with van der Waals surface area (Å²) in [6.45, 7) is 0.338. The van der Waals surface area contributed by atoms with Gasteiger partial charge in [-0.2, -0.15) is 0 Å². The Labute approximate surface area is 52.4 Å². The number of hydrogen-bond donors (Lipinski definition) is 2. The van der Waals surface area contributed by atoms with Crippen LogP contribution in [-0.2, 0) is 0 Å². The lowest BCUT2D eigenvalue weighted by Gasteiger charge is -2.28. The quantitative estimate of drug-likeness (QED) is 0.489. The molecule has 1 atom stereocenters. The second-order valence-corrected chi connectivity index (χ2v) is 2.33. The van der Waals surface area contributed by atoms with Crippen molar-refractivity contribution < 1.29 is 8.78 Å². The van der Waals surface area contributed by atoms with Crippen molar-refractivity contribution in [1.82, 2.24) is 5.32 Å². The van der Waals surface area contributed by atoms with Crippen LogP contribution in [0.5, 0.6) is 0 Å². The third kappa shape index (κ3) is 1.37. The first kappa shape index (κ1) is 6.89. The summed E-state index contributed by atoms with van der Waals surface area (Å²) in [6, 6.07) is -0.946. The maximum Gasteiger partial charge on any atom is 0.275 e. The van der Waals surface area contributed by atoms with E-state index in [2.05, 4.69) is 5.32 Å². The second kappa shape index (κ2) is 2.19. The zero-order chi connectivity index (χ0) is 6.91. The fourth-order valence-electron chi connectivity index (χ4n) is 0.855. The summed E-state index contributed by atoms with van der Waals surface area (Å²) in [4.78, 5) is 0. The molecule has 1 aliphatic heterocycles. The lowest BCUT2D eigenvalue weighted by molar-refractivity contribution is -0.0388. The first-order valence-corrected chi connectivity index (χ1v) is 2.97. The summed E-state index contributed by atoms with van der Waals surface area (Å²) in [6.07, 6.45) is 0.368. The third-order valence-electron chi connectivity index (χ3n) is 1.54. The molecule has 0 saturated carbocycles. The summed E-state index contributed by atoms with van der Waals surface area (Å²) in [5, 5.41) is 2.58. The SMILES string of the molecule is N[C@@H]1CCNCC1(F)F. The first-order chi connectivity index (χ1) is 4.13. The topological polar surface area (TPSA) is 38.0 Å². The zero-order valence-corrected chi connectivity index (χ0v) is 5.03. The van der Waals surface area contributed by atoms with Gasteiger partial charge in [0.25, 0.3) is 5.92 Å². The minimum atomic E-state index is -2.70. The highest BCUT2D eigenvalue weighted by molar-refractivity contribution is 4.86. The number of nitrogens with two attached hydrogens (primary N) is 1. The van der Waals surface area contributed by atoms with Crippen LogP contribution < -0.4 is 11.1 Å². The van der Waals surface area contributed by atoms with Gasteiger partial charge in [0, 0.05) is 0 Å². The molecule has 9 heavy (non-hydrogen) atoms. The molecule has 1 saturated heterocycles. The number of piperidine rings is 1. The molecule has 4 heteroatoms. The lowest BCUT2D eigenvalue weighted by Crippen LogP contribution is -2.53. The molecule has 0 amide bonds. The predicted molar refractivity (Wildman–Crippen MR) is 30.4 cm³/mol. The lowest BCUT2D eigenvalue weighted by atomic mass is 10.0. The molecule has 0 aromatic rings. The van der Waals surface area contributed by atoms with Crippen molar-refractivity contribution in [2.75, 3.05) is 13.1 Å². The van der Waals surface area contributed by atoms with Gasteiger partial charge in [-0.05, 0) is 13.0 Å². The van der Waals surface area contributed by atoms with Gasteiger partial charge in [0.1, 0.15) is 0 Å². The van der Waals surface area contributed by atoms with Crippen LogP contribution in [0.25, 0.3) is 0 Å². The van der Waals surface area contributed by atoms with Crippen LogP contribution in [0, 0.1) is 0 Å². The molecule has 2 nitrogen and oxygen atoms in total. The van der Waals surface area contributed by atoms with E-state index in [1.807, 2.05) is 0 Å². The fourth-order valence-corrected chi connectivity index (χ4v) is 0.855. The largest absolute Gasteiger partial charge is 0.323 e. The van der Waals surface area contributed by atoms with Crippen molar-refractivity contribution in [3.05, 3.63) is 0 Å². The van der Waals surface area contributed by atoms with Gasteiger partial charge in [-0.3, -0.25) is 0 Å². The number of alkyl halides is 2.